The predicted molar refractivity (Wildman–Crippen MR) is 94.5 cm³/mol. The number of urea groups is 1. The van der Waals surface area contributed by atoms with E-state index in [-0.39, 0.29) is 23.9 Å². The summed E-state index contributed by atoms with van der Waals surface area (Å²) in [7, 11) is 0. The number of benzene rings is 1. The van der Waals surface area contributed by atoms with Gasteiger partial charge in [-0.15, -0.1) is 0 Å². The van der Waals surface area contributed by atoms with Crippen molar-refractivity contribution < 1.29 is 14.4 Å². The van der Waals surface area contributed by atoms with Crippen LogP contribution in [0.25, 0.3) is 0 Å². The highest BCUT2D eigenvalue weighted by molar-refractivity contribution is 6.01. The van der Waals surface area contributed by atoms with E-state index in [2.05, 4.69) is 10.6 Å². The number of nitrogens with zero attached hydrogens (tertiary/aromatic N) is 2. The number of carbonyl (C=O) groups is 3. The molecule has 7 nitrogen and oxygen atoms in total. The van der Waals surface area contributed by atoms with E-state index in [1.807, 2.05) is 13.8 Å². The Morgan fingerprint density at radius 2 is 1.84 bits per heavy atom. The quantitative estimate of drug-likeness (QED) is 0.852. The van der Waals surface area contributed by atoms with Gasteiger partial charge in [-0.25, -0.2) is 4.79 Å². The van der Waals surface area contributed by atoms with Gasteiger partial charge in [-0.2, -0.15) is 0 Å². The predicted octanol–water partition coefficient (Wildman–Crippen LogP) is 1.45. The highest BCUT2D eigenvalue weighted by Crippen LogP contribution is 2.24. The normalized spacial score (nSPS) is 17.2. The molecule has 0 radical (unpaired) electrons. The van der Waals surface area contributed by atoms with Crippen LogP contribution in [-0.2, 0) is 11.2 Å². The van der Waals surface area contributed by atoms with Crippen LogP contribution >= 0.6 is 0 Å². The van der Waals surface area contributed by atoms with Crippen molar-refractivity contribution in [1.82, 2.24) is 15.1 Å². The first-order valence-electron chi connectivity index (χ1n) is 8.71. The Kier molecular flexibility index (Phi) is 4.92. The first kappa shape index (κ1) is 17.3. The molecule has 134 valence electrons. The van der Waals surface area contributed by atoms with Crippen molar-refractivity contribution in [1.29, 1.82) is 0 Å². The van der Waals surface area contributed by atoms with Gasteiger partial charge in [0.1, 0.15) is 0 Å². The topological polar surface area (TPSA) is 81.8 Å². The molecular weight excluding hydrogens is 320 g/mol. The number of carbonyl (C=O) groups excluding carboxylic acids is 3. The fourth-order valence-corrected chi connectivity index (χ4v) is 3.21. The van der Waals surface area contributed by atoms with Crippen molar-refractivity contribution in [3.63, 3.8) is 0 Å². The molecular formula is C18H24N4O3. The van der Waals surface area contributed by atoms with Crippen LogP contribution in [0.15, 0.2) is 18.2 Å². The summed E-state index contributed by atoms with van der Waals surface area (Å²) in [4.78, 5) is 39.9. The molecule has 0 spiro atoms. The van der Waals surface area contributed by atoms with Crippen LogP contribution in [0.3, 0.4) is 0 Å². The van der Waals surface area contributed by atoms with Gasteiger partial charge in [0.25, 0.3) is 5.91 Å². The molecule has 1 fully saturated rings. The molecule has 0 aromatic heterocycles. The third-order valence-electron chi connectivity index (χ3n) is 4.46. The number of nitrogens with one attached hydrogen (secondary N) is 2. The number of hydrogen-bond donors (Lipinski definition) is 2. The second-order valence-electron chi connectivity index (χ2n) is 6.83. The summed E-state index contributed by atoms with van der Waals surface area (Å²) in [6.45, 7) is 6.16. The number of anilines is 1. The summed E-state index contributed by atoms with van der Waals surface area (Å²) in [6, 6.07) is 5.35. The zero-order valence-corrected chi connectivity index (χ0v) is 14.7. The molecule has 2 N–H and O–H groups in total. The Morgan fingerprint density at radius 3 is 2.60 bits per heavy atom. The number of rotatable bonds is 2. The highest BCUT2D eigenvalue weighted by atomic mass is 16.2. The molecule has 2 heterocycles. The highest BCUT2D eigenvalue weighted by Gasteiger charge is 2.25. The van der Waals surface area contributed by atoms with Crippen LogP contribution in [0, 0.1) is 0 Å². The summed E-state index contributed by atoms with van der Waals surface area (Å²) < 4.78 is 0. The van der Waals surface area contributed by atoms with Crippen LogP contribution in [0.5, 0.6) is 0 Å². The maximum absolute atomic E-state index is 12.8. The van der Waals surface area contributed by atoms with Crippen molar-refractivity contribution in [2.45, 2.75) is 32.7 Å². The Hall–Kier alpha value is -2.57. The van der Waals surface area contributed by atoms with Crippen LogP contribution in [0.1, 0.15) is 36.2 Å². The fourth-order valence-electron chi connectivity index (χ4n) is 3.21. The fraction of sp³-hybridized carbons (Fsp3) is 0.500. The van der Waals surface area contributed by atoms with E-state index in [4.69, 9.17) is 0 Å². The third-order valence-corrected chi connectivity index (χ3v) is 4.46. The summed E-state index contributed by atoms with van der Waals surface area (Å²) in [5.74, 6) is -0.0885. The molecule has 7 heteroatoms. The Morgan fingerprint density at radius 1 is 1.12 bits per heavy atom. The van der Waals surface area contributed by atoms with Gasteiger partial charge in [0.2, 0.25) is 5.91 Å². The average molecular weight is 344 g/mol. The number of fused-ring (bicyclic) bond motifs is 1. The molecule has 0 aliphatic carbocycles. The summed E-state index contributed by atoms with van der Waals surface area (Å²) in [6.07, 6.45) is 1.07. The zero-order valence-electron chi connectivity index (χ0n) is 14.7. The molecule has 2 aliphatic heterocycles. The number of amides is 4. The maximum Gasteiger partial charge on any atom is 0.317 e. The summed E-state index contributed by atoms with van der Waals surface area (Å²) in [5, 5.41) is 5.66. The lowest BCUT2D eigenvalue weighted by molar-refractivity contribution is -0.115. The van der Waals surface area contributed by atoms with E-state index in [0.29, 0.717) is 38.2 Å². The largest absolute Gasteiger partial charge is 0.337 e. The Labute approximate surface area is 147 Å². The minimum absolute atomic E-state index is 0.0406. The lowest BCUT2D eigenvalue weighted by Crippen LogP contribution is -2.44. The minimum atomic E-state index is -0.0774. The molecule has 25 heavy (non-hydrogen) atoms. The molecule has 1 aromatic carbocycles. The molecule has 1 saturated heterocycles. The average Bonchev–Trinajstić information content (AvgIpc) is 2.77. The van der Waals surface area contributed by atoms with Gasteiger partial charge in [-0.3, -0.25) is 9.59 Å². The molecule has 2 aliphatic rings. The standard InChI is InChI=1S/C18H24N4O3/c1-12(2)19-18(25)22-7-3-6-21(8-9-22)17(24)13-4-5-15-14(10-13)11-16(23)20-15/h4-5,10,12H,3,6-9,11H2,1-2H3,(H,19,25)(H,20,23). The molecule has 1 aromatic rings. The van der Waals surface area contributed by atoms with Gasteiger partial charge >= 0.3 is 6.03 Å². The SMILES string of the molecule is CC(C)NC(=O)N1CCCN(C(=O)c2ccc3c(c2)CC(=O)N3)CC1. The van der Waals surface area contributed by atoms with Gasteiger partial charge in [-0.1, -0.05) is 0 Å². The van der Waals surface area contributed by atoms with Crippen molar-refractivity contribution >= 4 is 23.5 Å². The molecule has 4 amide bonds. The van der Waals surface area contributed by atoms with Gasteiger partial charge in [-0.05, 0) is 44.0 Å². The molecule has 0 bridgehead atoms. The third kappa shape index (κ3) is 3.92. The zero-order chi connectivity index (χ0) is 18.0. The summed E-state index contributed by atoms with van der Waals surface area (Å²) >= 11 is 0. The number of hydrogen-bond acceptors (Lipinski definition) is 3. The molecule has 0 atom stereocenters. The van der Waals surface area contributed by atoms with Gasteiger partial charge in [0.15, 0.2) is 0 Å². The van der Waals surface area contributed by atoms with Gasteiger partial charge in [0, 0.05) is 43.5 Å². The summed E-state index contributed by atoms with van der Waals surface area (Å²) in [5.41, 5.74) is 2.24. The second kappa shape index (κ2) is 7.13. The smallest absolute Gasteiger partial charge is 0.317 e. The molecule has 3 rings (SSSR count). The second-order valence-corrected chi connectivity index (χ2v) is 6.83. The van der Waals surface area contributed by atoms with Gasteiger partial charge < -0.3 is 20.4 Å². The van der Waals surface area contributed by atoms with Crippen LogP contribution in [0.2, 0.25) is 0 Å². The Balaban J connectivity index is 1.65. The van der Waals surface area contributed by atoms with Crippen molar-refractivity contribution in [3.05, 3.63) is 29.3 Å². The van der Waals surface area contributed by atoms with E-state index in [1.54, 1.807) is 28.0 Å². The molecule has 0 saturated carbocycles. The van der Waals surface area contributed by atoms with Crippen molar-refractivity contribution in [2.24, 2.45) is 0 Å². The van der Waals surface area contributed by atoms with E-state index in [1.165, 1.54) is 0 Å². The van der Waals surface area contributed by atoms with Crippen LogP contribution in [0.4, 0.5) is 10.5 Å². The van der Waals surface area contributed by atoms with Crippen LogP contribution < -0.4 is 10.6 Å². The lowest BCUT2D eigenvalue weighted by atomic mass is 10.1. The van der Waals surface area contributed by atoms with E-state index in [0.717, 1.165) is 17.7 Å². The van der Waals surface area contributed by atoms with Crippen LogP contribution in [-0.4, -0.2) is 59.9 Å². The van der Waals surface area contributed by atoms with Crippen molar-refractivity contribution in [3.8, 4) is 0 Å². The van der Waals surface area contributed by atoms with Crippen molar-refractivity contribution in [2.75, 3.05) is 31.5 Å². The van der Waals surface area contributed by atoms with E-state index < -0.39 is 0 Å². The maximum atomic E-state index is 12.8. The van der Waals surface area contributed by atoms with Gasteiger partial charge in [0.05, 0.1) is 6.42 Å². The lowest BCUT2D eigenvalue weighted by Gasteiger charge is -2.23. The van der Waals surface area contributed by atoms with E-state index >= 15 is 0 Å². The first-order valence-corrected chi connectivity index (χ1v) is 8.71. The first-order chi connectivity index (χ1) is 11.9. The van der Waals surface area contributed by atoms with E-state index in [9.17, 15) is 14.4 Å². The monoisotopic (exact) mass is 344 g/mol. The minimum Gasteiger partial charge on any atom is -0.337 e. The Bertz CT molecular complexity index is 702. The molecule has 0 unspecified atom stereocenters.